The lowest BCUT2D eigenvalue weighted by Gasteiger charge is -2.14. The molecule has 0 aliphatic heterocycles. The van der Waals surface area contributed by atoms with E-state index in [4.69, 9.17) is 25.7 Å². The molecular weight excluding hydrogens is 290 g/mol. The largest absolute Gasteiger partial charge is 0.390 e. The zero-order valence-electron chi connectivity index (χ0n) is 10.5. The van der Waals surface area contributed by atoms with Gasteiger partial charge in [0.15, 0.2) is 5.84 Å². The summed E-state index contributed by atoms with van der Waals surface area (Å²) in [5, 5.41) is 7.52. The minimum atomic E-state index is -4.32. The summed E-state index contributed by atoms with van der Waals surface area (Å²) in [5.41, 5.74) is 6.02. The van der Waals surface area contributed by atoms with Crippen molar-refractivity contribution in [2.24, 2.45) is 10.7 Å². The Morgan fingerprint density at radius 3 is 2.90 bits per heavy atom. The van der Waals surface area contributed by atoms with Gasteiger partial charge in [-0.15, -0.1) is 0 Å². The van der Waals surface area contributed by atoms with Gasteiger partial charge < -0.3 is 25.2 Å². The van der Waals surface area contributed by atoms with Gasteiger partial charge in [-0.2, -0.15) is 0 Å². The highest BCUT2D eigenvalue weighted by molar-refractivity contribution is 7.51. The highest BCUT2D eigenvalue weighted by Gasteiger charge is 2.19. The van der Waals surface area contributed by atoms with E-state index in [1.54, 1.807) is 12.1 Å². The Morgan fingerprint density at radius 2 is 2.35 bits per heavy atom. The number of H-pyrrole nitrogens is 1. The molecular formula is C10H16FN4O4P. The fourth-order valence-electron chi connectivity index (χ4n) is 1.45. The molecule has 1 rings (SSSR count). The van der Waals surface area contributed by atoms with Gasteiger partial charge in [0, 0.05) is 12.1 Å². The van der Waals surface area contributed by atoms with Crippen LogP contribution in [-0.2, 0) is 15.7 Å². The SMILES string of the molecule is N=C(N=CN)c1ccc(C[C@@H](CF)OCP(=O)(O)O)[nH]1. The number of hydrogen-bond donors (Lipinski definition) is 5. The van der Waals surface area contributed by atoms with Crippen LogP contribution in [0.2, 0.25) is 0 Å². The molecule has 1 heterocycles. The number of nitrogens with one attached hydrogen (secondary N) is 2. The van der Waals surface area contributed by atoms with E-state index in [0.717, 1.165) is 6.34 Å². The van der Waals surface area contributed by atoms with E-state index in [-0.39, 0.29) is 12.3 Å². The molecule has 0 fully saturated rings. The topological polar surface area (TPSA) is 145 Å². The van der Waals surface area contributed by atoms with Crippen molar-refractivity contribution in [3.63, 3.8) is 0 Å². The minimum Gasteiger partial charge on any atom is -0.390 e. The van der Waals surface area contributed by atoms with Gasteiger partial charge in [-0.1, -0.05) is 0 Å². The van der Waals surface area contributed by atoms with Crippen molar-refractivity contribution in [2.75, 3.05) is 13.0 Å². The van der Waals surface area contributed by atoms with E-state index < -0.39 is 26.7 Å². The van der Waals surface area contributed by atoms with Gasteiger partial charge in [0.05, 0.1) is 18.1 Å². The van der Waals surface area contributed by atoms with Gasteiger partial charge in [0.2, 0.25) is 0 Å². The molecule has 0 saturated heterocycles. The van der Waals surface area contributed by atoms with Crippen molar-refractivity contribution in [3.05, 3.63) is 23.5 Å². The molecule has 0 aliphatic carbocycles. The zero-order valence-corrected chi connectivity index (χ0v) is 11.4. The van der Waals surface area contributed by atoms with Gasteiger partial charge in [0.1, 0.15) is 13.0 Å². The number of aromatic amines is 1. The summed E-state index contributed by atoms with van der Waals surface area (Å²) >= 11 is 0. The number of alkyl halides is 1. The smallest absolute Gasteiger partial charge is 0.350 e. The number of aromatic nitrogens is 1. The van der Waals surface area contributed by atoms with Gasteiger partial charge in [-0.05, 0) is 12.1 Å². The van der Waals surface area contributed by atoms with Crippen LogP contribution in [0, 0.1) is 5.41 Å². The van der Waals surface area contributed by atoms with E-state index in [0.29, 0.717) is 11.4 Å². The Hall–Kier alpha value is -1.54. The molecule has 1 atom stereocenters. The van der Waals surface area contributed by atoms with Crippen molar-refractivity contribution in [1.82, 2.24) is 4.98 Å². The molecule has 0 amide bonds. The standard InChI is InChI=1S/C10H16FN4O4P/c11-4-8(19-6-20(16,17)18)3-7-1-2-9(15-7)10(13)14-5-12/h1-2,5,8,15H,3-4,6H2,(H3,12,13,14)(H2,16,17,18)/t8-/m0/s1. The highest BCUT2D eigenvalue weighted by atomic mass is 31.2. The Bertz CT molecular complexity index is 527. The quantitative estimate of drug-likeness (QED) is 0.280. The summed E-state index contributed by atoms with van der Waals surface area (Å²) in [6.45, 7) is -0.882. The number of nitrogens with two attached hydrogens (primary N) is 1. The number of halogens is 1. The van der Waals surface area contributed by atoms with Crippen molar-refractivity contribution in [3.8, 4) is 0 Å². The van der Waals surface area contributed by atoms with Crippen molar-refractivity contribution in [2.45, 2.75) is 12.5 Å². The maximum atomic E-state index is 12.7. The van der Waals surface area contributed by atoms with Crippen LogP contribution in [-0.4, -0.2) is 46.1 Å². The second kappa shape index (κ2) is 7.30. The number of nitrogens with zero attached hydrogens (tertiary/aromatic N) is 1. The van der Waals surface area contributed by atoms with Crippen LogP contribution in [0.4, 0.5) is 4.39 Å². The highest BCUT2D eigenvalue weighted by Crippen LogP contribution is 2.34. The van der Waals surface area contributed by atoms with Gasteiger partial charge in [-0.3, -0.25) is 9.97 Å². The van der Waals surface area contributed by atoms with Crippen molar-refractivity contribution >= 4 is 19.8 Å². The third kappa shape index (κ3) is 5.62. The van der Waals surface area contributed by atoms with E-state index in [2.05, 4.69) is 9.98 Å². The molecule has 0 bridgehead atoms. The molecule has 0 aliphatic rings. The molecule has 20 heavy (non-hydrogen) atoms. The molecule has 10 heteroatoms. The minimum absolute atomic E-state index is 0.0771. The summed E-state index contributed by atoms with van der Waals surface area (Å²) in [7, 11) is -4.32. The van der Waals surface area contributed by atoms with Gasteiger partial charge >= 0.3 is 7.60 Å². The molecule has 0 spiro atoms. The molecule has 8 nitrogen and oxygen atoms in total. The van der Waals surface area contributed by atoms with E-state index in [1.807, 2.05) is 0 Å². The zero-order chi connectivity index (χ0) is 15.2. The van der Waals surface area contributed by atoms with Crippen LogP contribution in [0.1, 0.15) is 11.4 Å². The predicted octanol–water partition coefficient (Wildman–Crippen LogP) is 0.359. The number of hydrogen-bond acceptors (Lipinski definition) is 3. The lowest BCUT2D eigenvalue weighted by molar-refractivity contribution is 0.0556. The first kappa shape index (κ1) is 16.5. The molecule has 0 unspecified atom stereocenters. The van der Waals surface area contributed by atoms with E-state index in [9.17, 15) is 8.96 Å². The van der Waals surface area contributed by atoms with Crippen LogP contribution in [0.5, 0.6) is 0 Å². The summed E-state index contributed by atoms with van der Waals surface area (Å²) in [5.74, 6) is -0.0771. The molecule has 0 aromatic carbocycles. The third-order valence-corrected chi connectivity index (χ3v) is 2.79. The van der Waals surface area contributed by atoms with Crippen LogP contribution < -0.4 is 5.73 Å². The number of ether oxygens (including phenoxy) is 1. The van der Waals surface area contributed by atoms with Crippen molar-refractivity contribution in [1.29, 1.82) is 5.41 Å². The Morgan fingerprint density at radius 1 is 1.65 bits per heavy atom. The maximum Gasteiger partial charge on any atom is 0.350 e. The molecule has 0 saturated carbocycles. The Balaban J connectivity index is 2.62. The first-order valence-electron chi connectivity index (χ1n) is 5.59. The van der Waals surface area contributed by atoms with Crippen LogP contribution in [0.25, 0.3) is 0 Å². The average molecular weight is 306 g/mol. The summed E-state index contributed by atoms with van der Waals surface area (Å²) in [4.78, 5) is 23.7. The first-order valence-corrected chi connectivity index (χ1v) is 7.38. The van der Waals surface area contributed by atoms with Crippen LogP contribution in [0.15, 0.2) is 17.1 Å². The summed E-state index contributed by atoms with van der Waals surface area (Å²) in [6, 6.07) is 3.18. The number of amidine groups is 1. The summed E-state index contributed by atoms with van der Waals surface area (Å²) < 4.78 is 28.2. The second-order valence-corrected chi connectivity index (χ2v) is 5.55. The van der Waals surface area contributed by atoms with E-state index in [1.165, 1.54) is 0 Å². The lowest BCUT2D eigenvalue weighted by atomic mass is 10.2. The second-order valence-electron chi connectivity index (χ2n) is 3.96. The monoisotopic (exact) mass is 306 g/mol. The fourth-order valence-corrected chi connectivity index (χ4v) is 1.85. The van der Waals surface area contributed by atoms with Crippen molar-refractivity contribution < 1.29 is 23.5 Å². The molecule has 112 valence electrons. The number of rotatable bonds is 7. The fraction of sp³-hybridized carbons (Fsp3) is 0.400. The molecule has 6 N–H and O–H groups in total. The Labute approximate surface area is 114 Å². The molecule has 1 aromatic rings. The number of aliphatic imine (C=N–C) groups is 1. The molecule has 0 radical (unpaired) electrons. The van der Waals surface area contributed by atoms with Crippen LogP contribution in [0.3, 0.4) is 0 Å². The third-order valence-electron chi connectivity index (χ3n) is 2.30. The van der Waals surface area contributed by atoms with Gasteiger partial charge in [0.25, 0.3) is 0 Å². The lowest BCUT2D eigenvalue weighted by Crippen LogP contribution is -2.19. The van der Waals surface area contributed by atoms with Gasteiger partial charge in [-0.25, -0.2) is 9.38 Å². The molecule has 1 aromatic heterocycles. The summed E-state index contributed by atoms with van der Waals surface area (Å²) in [6.07, 6.45) is -0.726. The van der Waals surface area contributed by atoms with E-state index >= 15 is 0 Å². The Kier molecular flexibility index (Phi) is 6.03. The predicted molar refractivity (Wildman–Crippen MR) is 71.8 cm³/mol. The van der Waals surface area contributed by atoms with Crippen LogP contribution >= 0.6 is 7.60 Å². The normalized spacial score (nSPS) is 13.8. The average Bonchev–Trinajstić information content (AvgIpc) is 2.82. The first-order chi connectivity index (χ1) is 9.35. The maximum absolute atomic E-state index is 12.7.